The number of hydrogen-bond acceptors (Lipinski definition) is 5. The molecule has 0 aliphatic heterocycles. The van der Waals surface area contributed by atoms with Crippen LogP contribution in [0.4, 0.5) is 11.4 Å². The van der Waals surface area contributed by atoms with Crippen molar-refractivity contribution < 1.29 is 4.74 Å². The first-order valence-corrected chi connectivity index (χ1v) is 10.6. The molecule has 136 valence electrons. The Morgan fingerprint density at radius 1 is 0.750 bits per heavy atom. The van der Waals surface area contributed by atoms with Crippen LogP contribution in [0.25, 0.3) is 20.7 Å². The van der Waals surface area contributed by atoms with E-state index < -0.39 is 0 Å². The van der Waals surface area contributed by atoms with Gasteiger partial charge in [0.15, 0.2) is 0 Å². The van der Waals surface area contributed by atoms with Crippen LogP contribution in [0, 0.1) is 0 Å². The summed E-state index contributed by atoms with van der Waals surface area (Å²) in [5, 5.41) is 8.95. The molecule has 0 radical (unpaired) electrons. The number of nitrogens with one attached hydrogen (secondary N) is 1. The van der Waals surface area contributed by atoms with Crippen LogP contribution < -0.4 is 10.1 Å². The van der Waals surface area contributed by atoms with Gasteiger partial charge in [-0.1, -0.05) is 24.3 Å². The summed E-state index contributed by atoms with van der Waals surface area (Å²) >= 11 is 3.40. The molecular formula is C23H16N2OS2. The van der Waals surface area contributed by atoms with Gasteiger partial charge in [0.25, 0.3) is 0 Å². The normalized spacial score (nSPS) is 10.9. The van der Waals surface area contributed by atoms with Crippen LogP contribution in [0.1, 0.15) is 0 Å². The van der Waals surface area contributed by atoms with E-state index in [4.69, 9.17) is 9.72 Å². The van der Waals surface area contributed by atoms with Crippen molar-refractivity contribution in [1.82, 2.24) is 4.98 Å². The van der Waals surface area contributed by atoms with Gasteiger partial charge in [0, 0.05) is 17.3 Å². The third kappa shape index (κ3) is 3.38. The Kier molecular flexibility index (Phi) is 4.53. The van der Waals surface area contributed by atoms with Crippen molar-refractivity contribution in [2.75, 3.05) is 5.32 Å². The van der Waals surface area contributed by atoms with E-state index in [9.17, 15) is 0 Å². The highest BCUT2D eigenvalue weighted by Gasteiger charge is 2.13. The SMILES string of the molecule is c1ccc(Oc2ccc(Nc3c(-c4cccs4)ncc4sccc34)cc2)cc1. The fourth-order valence-corrected chi connectivity index (χ4v) is 4.53. The molecule has 0 aliphatic rings. The maximum absolute atomic E-state index is 5.89. The van der Waals surface area contributed by atoms with E-state index in [-0.39, 0.29) is 0 Å². The standard InChI is InChI=1S/C23H16N2OS2/c1-2-5-17(6-3-1)26-18-10-8-16(9-11-18)25-22-19-12-14-28-21(19)15-24-23(22)20-7-4-13-27-20/h1-15,25H. The van der Waals surface area contributed by atoms with Crippen LogP contribution >= 0.6 is 22.7 Å². The molecule has 5 heteroatoms. The molecule has 3 aromatic heterocycles. The summed E-state index contributed by atoms with van der Waals surface area (Å²) in [6, 6.07) is 24.1. The monoisotopic (exact) mass is 400 g/mol. The van der Waals surface area contributed by atoms with Gasteiger partial charge in [-0.3, -0.25) is 4.98 Å². The van der Waals surface area contributed by atoms with E-state index in [1.165, 1.54) is 10.1 Å². The van der Waals surface area contributed by atoms with Crippen LogP contribution in [0.15, 0.2) is 89.8 Å². The minimum absolute atomic E-state index is 0.807. The fraction of sp³-hybridized carbons (Fsp3) is 0. The summed E-state index contributed by atoms with van der Waals surface area (Å²) in [7, 11) is 0. The molecule has 0 aliphatic carbocycles. The zero-order chi connectivity index (χ0) is 18.8. The second-order valence-electron chi connectivity index (χ2n) is 6.22. The highest BCUT2D eigenvalue weighted by atomic mass is 32.1. The highest BCUT2D eigenvalue weighted by molar-refractivity contribution is 7.17. The number of aromatic nitrogens is 1. The van der Waals surface area contributed by atoms with Crippen LogP contribution in [0.2, 0.25) is 0 Å². The summed E-state index contributed by atoms with van der Waals surface area (Å²) < 4.78 is 7.06. The maximum Gasteiger partial charge on any atom is 0.127 e. The molecule has 0 atom stereocenters. The number of ether oxygens (including phenoxy) is 1. The lowest BCUT2D eigenvalue weighted by atomic mass is 10.1. The van der Waals surface area contributed by atoms with E-state index in [2.05, 4.69) is 34.3 Å². The summed E-state index contributed by atoms with van der Waals surface area (Å²) in [6.07, 6.45) is 1.96. The van der Waals surface area contributed by atoms with Gasteiger partial charge < -0.3 is 10.1 Å². The molecule has 0 bridgehead atoms. The Morgan fingerprint density at radius 2 is 1.57 bits per heavy atom. The van der Waals surface area contributed by atoms with Gasteiger partial charge in [-0.05, 0) is 59.3 Å². The summed E-state index contributed by atoms with van der Waals surface area (Å²) in [6.45, 7) is 0. The van der Waals surface area contributed by atoms with Gasteiger partial charge >= 0.3 is 0 Å². The molecule has 3 nitrogen and oxygen atoms in total. The van der Waals surface area contributed by atoms with E-state index in [0.29, 0.717) is 0 Å². The number of fused-ring (bicyclic) bond motifs is 1. The lowest BCUT2D eigenvalue weighted by Crippen LogP contribution is -1.95. The number of benzene rings is 2. The number of nitrogens with zero attached hydrogens (tertiary/aromatic N) is 1. The predicted octanol–water partition coefficient (Wildman–Crippen LogP) is 7.56. The first-order valence-electron chi connectivity index (χ1n) is 8.87. The molecule has 0 saturated heterocycles. The summed E-state index contributed by atoms with van der Waals surface area (Å²) in [5.74, 6) is 1.64. The van der Waals surface area contributed by atoms with E-state index in [0.717, 1.165) is 33.4 Å². The number of hydrogen-bond donors (Lipinski definition) is 1. The zero-order valence-corrected chi connectivity index (χ0v) is 16.5. The largest absolute Gasteiger partial charge is 0.457 e. The molecule has 1 N–H and O–H groups in total. The topological polar surface area (TPSA) is 34.1 Å². The van der Waals surface area contributed by atoms with Crippen molar-refractivity contribution in [3.05, 3.63) is 89.8 Å². The lowest BCUT2D eigenvalue weighted by Gasteiger charge is -2.13. The molecule has 3 heterocycles. The van der Waals surface area contributed by atoms with Gasteiger partial charge in [-0.15, -0.1) is 22.7 Å². The highest BCUT2D eigenvalue weighted by Crippen LogP contribution is 2.38. The van der Waals surface area contributed by atoms with Crippen molar-refractivity contribution in [3.63, 3.8) is 0 Å². The zero-order valence-electron chi connectivity index (χ0n) is 14.8. The number of pyridine rings is 1. The van der Waals surface area contributed by atoms with Crippen molar-refractivity contribution in [2.24, 2.45) is 0 Å². The molecule has 0 fully saturated rings. The van der Waals surface area contributed by atoms with Gasteiger partial charge in [0.05, 0.1) is 15.3 Å². The number of anilines is 2. The third-order valence-corrected chi connectivity index (χ3v) is 6.10. The quantitative estimate of drug-likeness (QED) is 0.330. The van der Waals surface area contributed by atoms with E-state index >= 15 is 0 Å². The predicted molar refractivity (Wildman–Crippen MR) is 119 cm³/mol. The Morgan fingerprint density at radius 3 is 2.36 bits per heavy atom. The molecular weight excluding hydrogens is 384 g/mol. The Hall–Kier alpha value is -3.15. The number of rotatable bonds is 5. The van der Waals surface area contributed by atoms with E-state index in [1.54, 1.807) is 22.7 Å². The number of para-hydroxylation sites is 1. The first-order chi connectivity index (χ1) is 13.9. The number of thiophene rings is 2. The van der Waals surface area contributed by atoms with Crippen molar-refractivity contribution in [3.8, 4) is 22.1 Å². The minimum Gasteiger partial charge on any atom is -0.457 e. The molecule has 0 saturated carbocycles. The molecule has 0 unspecified atom stereocenters. The van der Waals surface area contributed by atoms with Crippen molar-refractivity contribution >= 4 is 44.1 Å². The van der Waals surface area contributed by atoms with Crippen LogP contribution in [-0.4, -0.2) is 4.98 Å². The fourth-order valence-electron chi connectivity index (χ4n) is 3.04. The van der Waals surface area contributed by atoms with E-state index in [1.807, 2.05) is 60.8 Å². The third-order valence-electron chi connectivity index (χ3n) is 4.37. The summed E-state index contributed by atoms with van der Waals surface area (Å²) in [5.41, 5.74) is 3.02. The van der Waals surface area contributed by atoms with Gasteiger partial charge in [-0.2, -0.15) is 0 Å². The molecule has 0 spiro atoms. The van der Waals surface area contributed by atoms with Crippen LogP contribution in [0.5, 0.6) is 11.5 Å². The molecule has 28 heavy (non-hydrogen) atoms. The van der Waals surface area contributed by atoms with Crippen molar-refractivity contribution in [2.45, 2.75) is 0 Å². The minimum atomic E-state index is 0.807. The van der Waals surface area contributed by atoms with Crippen molar-refractivity contribution in [1.29, 1.82) is 0 Å². The van der Waals surface area contributed by atoms with Crippen LogP contribution in [-0.2, 0) is 0 Å². The van der Waals surface area contributed by atoms with Gasteiger partial charge in [0.2, 0.25) is 0 Å². The van der Waals surface area contributed by atoms with Gasteiger partial charge in [0.1, 0.15) is 17.2 Å². The smallest absolute Gasteiger partial charge is 0.127 e. The average Bonchev–Trinajstić information content (AvgIpc) is 3.42. The average molecular weight is 401 g/mol. The Bertz CT molecular complexity index is 1200. The second kappa shape index (κ2) is 7.46. The Labute approximate surface area is 170 Å². The second-order valence-corrected chi connectivity index (χ2v) is 8.12. The summed E-state index contributed by atoms with van der Waals surface area (Å²) in [4.78, 5) is 5.88. The molecule has 5 aromatic rings. The maximum atomic E-state index is 5.89. The first kappa shape index (κ1) is 17.0. The van der Waals surface area contributed by atoms with Crippen LogP contribution in [0.3, 0.4) is 0 Å². The Balaban J connectivity index is 1.47. The lowest BCUT2D eigenvalue weighted by molar-refractivity contribution is 0.483. The van der Waals surface area contributed by atoms with Gasteiger partial charge in [-0.25, -0.2) is 0 Å². The molecule has 2 aromatic carbocycles. The molecule has 5 rings (SSSR count). The molecule has 0 amide bonds.